The second-order valence-corrected chi connectivity index (χ2v) is 7.71. The third-order valence-corrected chi connectivity index (χ3v) is 5.48. The van der Waals surface area contributed by atoms with Gasteiger partial charge in [0.25, 0.3) is 5.91 Å². The van der Waals surface area contributed by atoms with Gasteiger partial charge in [0.05, 0.1) is 11.2 Å². The van der Waals surface area contributed by atoms with E-state index in [9.17, 15) is 14.7 Å². The van der Waals surface area contributed by atoms with Gasteiger partial charge in [-0.2, -0.15) is 0 Å². The van der Waals surface area contributed by atoms with Crippen molar-refractivity contribution in [3.05, 3.63) is 29.8 Å². The summed E-state index contributed by atoms with van der Waals surface area (Å²) in [4.78, 5) is 25.3. The minimum absolute atomic E-state index is 0.245. The number of hydrogen-bond acceptors (Lipinski definition) is 4. The average molecular weight is 345 g/mol. The number of carbonyl (C=O) groups excluding carboxylic acids is 1. The van der Waals surface area contributed by atoms with Crippen LogP contribution in [0.15, 0.2) is 24.3 Å². The van der Waals surface area contributed by atoms with E-state index in [-0.39, 0.29) is 5.91 Å². The Kier molecular flexibility index (Phi) is 4.41. The first-order valence-electron chi connectivity index (χ1n) is 8.62. The molecule has 7 heteroatoms. The zero-order chi connectivity index (χ0) is 18.4. The lowest BCUT2D eigenvalue weighted by atomic mass is 9.79. The predicted octanol–water partition coefficient (Wildman–Crippen LogP) is 1.67. The molecule has 0 radical (unpaired) electrons. The van der Waals surface area contributed by atoms with Crippen molar-refractivity contribution in [3.63, 3.8) is 0 Å². The number of rotatable bonds is 3. The zero-order valence-corrected chi connectivity index (χ0v) is 15.1. The Labute approximate surface area is 148 Å². The van der Waals surface area contributed by atoms with E-state index in [4.69, 9.17) is 9.31 Å². The molecule has 2 saturated heterocycles. The first-order valence-corrected chi connectivity index (χ1v) is 8.62. The smallest absolute Gasteiger partial charge is 0.480 e. The van der Waals surface area contributed by atoms with E-state index in [1.807, 2.05) is 27.7 Å². The molecule has 1 N–H and O–H groups in total. The monoisotopic (exact) mass is 345 g/mol. The first-order chi connectivity index (χ1) is 11.6. The van der Waals surface area contributed by atoms with Gasteiger partial charge in [-0.1, -0.05) is 12.1 Å². The average Bonchev–Trinajstić information content (AvgIpc) is 3.10. The lowest BCUT2D eigenvalue weighted by Crippen LogP contribution is -2.41. The highest BCUT2D eigenvalue weighted by Gasteiger charge is 2.51. The van der Waals surface area contributed by atoms with Crippen LogP contribution in [0.2, 0.25) is 0 Å². The Morgan fingerprint density at radius 1 is 1.12 bits per heavy atom. The normalized spacial score (nSPS) is 24.6. The van der Waals surface area contributed by atoms with Gasteiger partial charge < -0.3 is 19.3 Å². The summed E-state index contributed by atoms with van der Waals surface area (Å²) in [5, 5.41) is 9.24. The minimum atomic E-state index is -0.945. The molecule has 2 heterocycles. The van der Waals surface area contributed by atoms with Crippen LogP contribution in [0.5, 0.6) is 0 Å². The fraction of sp³-hybridized carbons (Fsp3) is 0.556. The van der Waals surface area contributed by atoms with Crippen LogP contribution >= 0.6 is 0 Å². The fourth-order valence-electron chi connectivity index (χ4n) is 3.19. The molecule has 0 aliphatic carbocycles. The predicted molar refractivity (Wildman–Crippen MR) is 93.9 cm³/mol. The van der Waals surface area contributed by atoms with Crippen LogP contribution in [-0.4, -0.2) is 52.8 Å². The molecule has 1 amide bonds. The molecule has 1 atom stereocenters. The zero-order valence-electron chi connectivity index (χ0n) is 15.1. The summed E-state index contributed by atoms with van der Waals surface area (Å²) in [6, 6.07) is 6.30. The molecule has 134 valence electrons. The maximum absolute atomic E-state index is 12.6. The molecule has 25 heavy (non-hydrogen) atoms. The van der Waals surface area contributed by atoms with Crippen LogP contribution in [0.25, 0.3) is 0 Å². The van der Waals surface area contributed by atoms with Crippen LogP contribution in [-0.2, 0) is 14.1 Å². The van der Waals surface area contributed by atoms with E-state index in [0.717, 1.165) is 5.46 Å². The van der Waals surface area contributed by atoms with E-state index in [0.29, 0.717) is 24.9 Å². The lowest BCUT2D eigenvalue weighted by molar-refractivity contribution is -0.141. The molecule has 2 aliphatic rings. The Balaban J connectivity index is 1.75. The Morgan fingerprint density at radius 2 is 1.68 bits per heavy atom. The number of likely N-dealkylation sites (tertiary alicyclic amines) is 1. The van der Waals surface area contributed by atoms with Gasteiger partial charge in [0.1, 0.15) is 6.04 Å². The summed E-state index contributed by atoms with van der Waals surface area (Å²) < 4.78 is 12.0. The summed E-state index contributed by atoms with van der Waals surface area (Å²) in [6.45, 7) is 8.44. The fourth-order valence-corrected chi connectivity index (χ4v) is 3.19. The highest BCUT2D eigenvalue weighted by Crippen LogP contribution is 2.36. The Bertz CT molecular complexity index is 669. The molecule has 3 rings (SSSR count). The minimum Gasteiger partial charge on any atom is -0.480 e. The highest BCUT2D eigenvalue weighted by molar-refractivity contribution is 6.62. The van der Waals surface area contributed by atoms with Crippen molar-refractivity contribution < 1.29 is 24.0 Å². The molecule has 1 aromatic rings. The second kappa shape index (κ2) is 6.14. The van der Waals surface area contributed by atoms with Gasteiger partial charge in [0.2, 0.25) is 0 Å². The SMILES string of the molecule is CC1(C)OB(c2ccc(C(=O)N3CCC[C@@H]3C(=O)O)cc2)OC1(C)C. The number of nitrogens with zero attached hydrogens (tertiary/aromatic N) is 1. The first kappa shape index (κ1) is 18.0. The summed E-state index contributed by atoms with van der Waals surface area (Å²) in [5.41, 5.74) is 0.479. The molecule has 0 unspecified atom stereocenters. The quantitative estimate of drug-likeness (QED) is 0.844. The van der Waals surface area contributed by atoms with Crippen molar-refractivity contribution in [2.24, 2.45) is 0 Å². The molecule has 1 aromatic carbocycles. The number of hydrogen-bond donors (Lipinski definition) is 1. The molecular weight excluding hydrogens is 321 g/mol. The van der Waals surface area contributed by atoms with Crippen molar-refractivity contribution in [1.29, 1.82) is 0 Å². The summed E-state index contributed by atoms with van der Waals surface area (Å²) in [5.74, 6) is -1.19. The van der Waals surface area contributed by atoms with Gasteiger partial charge in [0.15, 0.2) is 0 Å². The lowest BCUT2D eigenvalue weighted by Gasteiger charge is -2.32. The number of aliphatic carboxylic acids is 1. The molecule has 0 aromatic heterocycles. The van der Waals surface area contributed by atoms with E-state index in [1.165, 1.54) is 4.90 Å². The van der Waals surface area contributed by atoms with Gasteiger partial charge in [0, 0.05) is 12.1 Å². The third kappa shape index (κ3) is 3.18. The summed E-state index contributed by atoms with van der Waals surface area (Å²) in [6.07, 6.45) is 1.22. The van der Waals surface area contributed by atoms with Crippen LogP contribution in [0.1, 0.15) is 50.9 Å². The van der Waals surface area contributed by atoms with Crippen molar-refractivity contribution >= 4 is 24.5 Å². The second-order valence-electron chi connectivity index (χ2n) is 7.71. The van der Waals surface area contributed by atoms with Gasteiger partial charge in [-0.15, -0.1) is 0 Å². The van der Waals surface area contributed by atoms with Crippen molar-refractivity contribution in [1.82, 2.24) is 4.90 Å². The van der Waals surface area contributed by atoms with E-state index < -0.39 is 30.3 Å². The topological polar surface area (TPSA) is 76.1 Å². The van der Waals surface area contributed by atoms with Crippen molar-refractivity contribution in [2.75, 3.05) is 6.54 Å². The van der Waals surface area contributed by atoms with Crippen LogP contribution in [0.4, 0.5) is 0 Å². The number of carbonyl (C=O) groups is 2. The standard InChI is InChI=1S/C18H24BNO5/c1-17(2)18(3,4)25-19(24-17)13-9-7-12(8-10-13)15(21)20-11-5-6-14(20)16(22)23/h7-10,14H,5-6,11H2,1-4H3,(H,22,23)/t14-/m1/s1. The largest absolute Gasteiger partial charge is 0.494 e. The van der Waals surface area contributed by atoms with Gasteiger partial charge in [-0.25, -0.2) is 4.79 Å². The molecule has 0 saturated carbocycles. The number of amides is 1. The molecular formula is C18H24BNO5. The summed E-state index contributed by atoms with van der Waals surface area (Å²) >= 11 is 0. The van der Waals surface area contributed by atoms with E-state index >= 15 is 0 Å². The molecule has 2 aliphatic heterocycles. The number of benzene rings is 1. The Morgan fingerprint density at radius 3 is 2.20 bits per heavy atom. The number of carboxylic acid groups (broad SMARTS) is 1. The number of carboxylic acids is 1. The van der Waals surface area contributed by atoms with Crippen LogP contribution in [0.3, 0.4) is 0 Å². The van der Waals surface area contributed by atoms with Crippen molar-refractivity contribution in [3.8, 4) is 0 Å². The van der Waals surface area contributed by atoms with Gasteiger partial charge >= 0.3 is 13.1 Å². The molecule has 2 fully saturated rings. The summed E-state index contributed by atoms with van der Waals surface area (Å²) in [7, 11) is -0.479. The molecule has 0 bridgehead atoms. The van der Waals surface area contributed by atoms with Crippen LogP contribution < -0.4 is 5.46 Å². The Hall–Kier alpha value is -1.86. The van der Waals surface area contributed by atoms with Crippen LogP contribution in [0, 0.1) is 0 Å². The van der Waals surface area contributed by atoms with Gasteiger partial charge in [-0.05, 0) is 58.1 Å². The molecule has 0 spiro atoms. The highest BCUT2D eigenvalue weighted by atomic mass is 16.7. The van der Waals surface area contributed by atoms with E-state index in [2.05, 4.69) is 0 Å². The van der Waals surface area contributed by atoms with Gasteiger partial charge in [-0.3, -0.25) is 4.79 Å². The maximum Gasteiger partial charge on any atom is 0.494 e. The molecule has 6 nitrogen and oxygen atoms in total. The maximum atomic E-state index is 12.6. The third-order valence-electron chi connectivity index (χ3n) is 5.48. The van der Waals surface area contributed by atoms with Crippen molar-refractivity contribution in [2.45, 2.75) is 57.8 Å². The van der Waals surface area contributed by atoms with E-state index in [1.54, 1.807) is 24.3 Å².